The van der Waals surface area contributed by atoms with Gasteiger partial charge in [0, 0.05) is 18.7 Å². The lowest BCUT2D eigenvalue weighted by atomic mass is 9.99. The molecule has 0 heterocycles. The molecule has 0 saturated heterocycles. The molecular formula is C15H25NO2. The smallest absolute Gasteiger partial charge is 0.123 e. The van der Waals surface area contributed by atoms with Crippen LogP contribution in [0.5, 0.6) is 5.75 Å². The first-order chi connectivity index (χ1) is 8.72. The standard InChI is InChI=1S/C15H25NO2/c1-5-16-14(11-10-12(2)17-3)13-8-6-7-9-15(13)18-4/h6-9,12,14,16H,5,10-11H2,1-4H3. The van der Waals surface area contributed by atoms with Crippen molar-refractivity contribution in [3.05, 3.63) is 29.8 Å². The van der Waals surface area contributed by atoms with E-state index in [2.05, 4.69) is 31.3 Å². The Bertz CT molecular complexity index is 341. The Morgan fingerprint density at radius 3 is 2.50 bits per heavy atom. The molecule has 0 aliphatic rings. The highest BCUT2D eigenvalue weighted by molar-refractivity contribution is 5.35. The number of hydrogen-bond acceptors (Lipinski definition) is 3. The number of rotatable bonds is 8. The van der Waals surface area contributed by atoms with E-state index in [1.165, 1.54) is 5.56 Å². The molecular weight excluding hydrogens is 226 g/mol. The van der Waals surface area contributed by atoms with Gasteiger partial charge in [-0.25, -0.2) is 0 Å². The van der Waals surface area contributed by atoms with Crippen molar-refractivity contribution in [3.8, 4) is 5.75 Å². The molecule has 3 heteroatoms. The van der Waals surface area contributed by atoms with Gasteiger partial charge < -0.3 is 14.8 Å². The summed E-state index contributed by atoms with van der Waals surface area (Å²) in [5.74, 6) is 0.952. The lowest BCUT2D eigenvalue weighted by molar-refractivity contribution is 0.106. The molecule has 1 N–H and O–H groups in total. The Morgan fingerprint density at radius 1 is 1.17 bits per heavy atom. The van der Waals surface area contributed by atoms with Crippen LogP contribution < -0.4 is 10.1 Å². The molecule has 3 nitrogen and oxygen atoms in total. The van der Waals surface area contributed by atoms with Gasteiger partial charge in [0.2, 0.25) is 0 Å². The van der Waals surface area contributed by atoms with Gasteiger partial charge in [-0.1, -0.05) is 25.1 Å². The number of nitrogens with one attached hydrogen (secondary N) is 1. The zero-order valence-electron chi connectivity index (χ0n) is 11.9. The van der Waals surface area contributed by atoms with Gasteiger partial charge in [0.1, 0.15) is 5.75 Å². The molecule has 0 bridgehead atoms. The first-order valence-corrected chi connectivity index (χ1v) is 6.62. The molecule has 2 atom stereocenters. The summed E-state index contributed by atoms with van der Waals surface area (Å²) in [6.45, 7) is 5.18. The van der Waals surface area contributed by atoms with Gasteiger partial charge in [-0.3, -0.25) is 0 Å². The topological polar surface area (TPSA) is 30.5 Å². The Hall–Kier alpha value is -1.06. The van der Waals surface area contributed by atoms with Crippen molar-refractivity contribution < 1.29 is 9.47 Å². The van der Waals surface area contributed by atoms with E-state index in [4.69, 9.17) is 9.47 Å². The SMILES string of the molecule is CCNC(CCC(C)OC)c1ccccc1OC. The number of para-hydroxylation sites is 1. The summed E-state index contributed by atoms with van der Waals surface area (Å²) < 4.78 is 10.7. The molecule has 0 radical (unpaired) electrons. The molecule has 1 rings (SSSR count). The maximum absolute atomic E-state index is 5.43. The molecule has 1 aromatic rings. The van der Waals surface area contributed by atoms with E-state index in [1.54, 1.807) is 14.2 Å². The van der Waals surface area contributed by atoms with Crippen LogP contribution in [-0.2, 0) is 4.74 Å². The third kappa shape index (κ3) is 4.31. The highest BCUT2D eigenvalue weighted by atomic mass is 16.5. The monoisotopic (exact) mass is 251 g/mol. The Morgan fingerprint density at radius 2 is 1.89 bits per heavy atom. The van der Waals surface area contributed by atoms with Gasteiger partial charge in [-0.15, -0.1) is 0 Å². The first-order valence-electron chi connectivity index (χ1n) is 6.62. The molecule has 0 aliphatic heterocycles. The van der Waals surface area contributed by atoms with Crippen LogP contribution in [0.3, 0.4) is 0 Å². The number of hydrogen-bond donors (Lipinski definition) is 1. The van der Waals surface area contributed by atoms with Crippen molar-refractivity contribution in [1.29, 1.82) is 0 Å². The maximum Gasteiger partial charge on any atom is 0.123 e. The summed E-state index contributed by atoms with van der Waals surface area (Å²) in [6, 6.07) is 8.53. The average Bonchev–Trinajstić information content (AvgIpc) is 2.43. The zero-order valence-corrected chi connectivity index (χ0v) is 11.9. The molecule has 18 heavy (non-hydrogen) atoms. The lowest BCUT2D eigenvalue weighted by Crippen LogP contribution is -2.23. The van der Waals surface area contributed by atoms with Gasteiger partial charge in [-0.05, 0) is 32.4 Å². The van der Waals surface area contributed by atoms with Crippen molar-refractivity contribution in [2.75, 3.05) is 20.8 Å². The summed E-state index contributed by atoms with van der Waals surface area (Å²) in [4.78, 5) is 0. The fourth-order valence-corrected chi connectivity index (χ4v) is 2.09. The van der Waals surface area contributed by atoms with Crippen LogP contribution in [0.1, 0.15) is 38.3 Å². The second-order valence-electron chi connectivity index (χ2n) is 4.48. The molecule has 102 valence electrons. The maximum atomic E-state index is 5.43. The fraction of sp³-hybridized carbons (Fsp3) is 0.600. The zero-order chi connectivity index (χ0) is 13.4. The van der Waals surface area contributed by atoms with Crippen molar-refractivity contribution in [2.24, 2.45) is 0 Å². The van der Waals surface area contributed by atoms with Crippen LogP contribution >= 0.6 is 0 Å². The second-order valence-corrected chi connectivity index (χ2v) is 4.48. The molecule has 0 amide bonds. The van der Waals surface area contributed by atoms with E-state index in [0.29, 0.717) is 12.1 Å². The second kappa shape index (κ2) is 8.11. The minimum Gasteiger partial charge on any atom is -0.496 e. The van der Waals surface area contributed by atoms with Gasteiger partial charge in [-0.2, -0.15) is 0 Å². The molecule has 2 unspecified atom stereocenters. The number of ether oxygens (including phenoxy) is 2. The van der Waals surface area contributed by atoms with Crippen molar-refractivity contribution >= 4 is 0 Å². The minimum atomic E-state index is 0.292. The summed E-state index contributed by atoms with van der Waals surface area (Å²) in [7, 11) is 3.48. The fourth-order valence-electron chi connectivity index (χ4n) is 2.09. The van der Waals surface area contributed by atoms with E-state index in [1.807, 2.05) is 12.1 Å². The Labute approximate surface area is 110 Å². The van der Waals surface area contributed by atoms with E-state index in [0.717, 1.165) is 25.1 Å². The van der Waals surface area contributed by atoms with Crippen LogP contribution in [0, 0.1) is 0 Å². The third-order valence-electron chi connectivity index (χ3n) is 3.23. The van der Waals surface area contributed by atoms with Crippen LogP contribution in [-0.4, -0.2) is 26.9 Å². The first kappa shape index (κ1) is 15.0. The van der Waals surface area contributed by atoms with E-state index in [-0.39, 0.29) is 0 Å². The van der Waals surface area contributed by atoms with Crippen molar-refractivity contribution in [3.63, 3.8) is 0 Å². The molecule has 0 spiro atoms. The van der Waals surface area contributed by atoms with Crippen LogP contribution in [0.15, 0.2) is 24.3 Å². The van der Waals surface area contributed by atoms with Crippen molar-refractivity contribution in [2.45, 2.75) is 38.8 Å². The van der Waals surface area contributed by atoms with Crippen molar-refractivity contribution in [1.82, 2.24) is 5.32 Å². The van der Waals surface area contributed by atoms with E-state index in [9.17, 15) is 0 Å². The molecule has 0 aromatic heterocycles. The van der Waals surface area contributed by atoms with Gasteiger partial charge in [0.05, 0.1) is 13.2 Å². The summed E-state index contributed by atoms with van der Waals surface area (Å²) >= 11 is 0. The number of methoxy groups -OCH3 is 2. The molecule has 0 aliphatic carbocycles. The quantitative estimate of drug-likeness (QED) is 0.770. The van der Waals surface area contributed by atoms with Gasteiger partial charge >= 0.3 is 0 Å². The largest absolute Gasteiger partial charge is 0.496 e. The average molecular weight is 251 g/mol. The van der Waals surface area contributed by atoms with Crippen LogP contribution in [0.4, 0.5) is 0 Å². The summed E-state index contributed by atoms with van der Waals surface area (Å²) in [6.07, 6.45) is 2.37. The normalized spacial score (nSPS) is 14.2. The summed E-state index contributed by atoms with van der Waals surface area (Å²) in [5.41, 5.74) is 1.23. The predicted molar refractivity (Wildman–Crippen MR) is 75.1 cm³/mol. The minimum absolute atomic E-state index is 0.292. The molecule has 0 fully saturated rings. The summed E-state index contributed by atoms with van der Waals surface area (Å²) in [5, 5.41) is 3.52. The highest BCUT2D eigenvalue weighted by Crippen LogP contribution is 2.28. The predicted octanol–water partition coefficient (Wildman–Crippen LogP) is 3.16. The van der Waals surface area contributed by atoms with Gasteiger partial charge in [0.25, 0.3) is 0 Å². The molecule has 0 saturated carbocycles. The third-order valence-corrected chi connectivity index (χ3v) is 3.23. The Balaban J connectivity index is 2.76. The number of benzene rings is 1. The highest BCUT2D eigenvalue weighted by Gasteiger charge is 2.15. The van der Waals surface area contributed by atoms with E-state index < -0.39 is 0 Å². The Kier molecular flexibility index (Phi) is 6.76. The van der Waals surface area contributed by atoms with Gasteiger partial charge in [0.15, 0.2) is 0 Å². The van der Waals surface area contributed by atoms with Crippen LogP contribution in [0.2, 0.25) is 0 Å². The van der Waals surface area contributed by atoms with E-state index >= 15 is 0 Å². The van der Waals surface area contributed by atoms with Crippen LogP contribution in [0.25, 0.3) is 0 Å². The lowest BCUT2D eigenvalue weighted by Gasteiger charge is -2.22. The molecule has 1 aromatic carbocycles.